The van der Waals surface area contributed by atoms with Gasteiger partial charge in [-0.05, 0) is 68.2 Å². The van der Waals surface area contributed by atoms with Crippen molar-refractivity contribution in [2.45, 2.75) is 63.3 Å². The molecule has 224 valence electrons. The van der Waals surface area contributed by atoms with E-state index in [4.69, 9.17) is 16.3 Å². The van der Waals surface area contributed by atoms with Gasteiger partial charge in [0.2, 0.25) is 0 Å². The Morgan fingerprint density at radius 3 is 2.49 bits per heavy atom. The number of hydrogen-bond donors (Lipinski definition) is 2. The summed E-state index contributed by atoms with van der Waals surface area (Å²) in [5.41, 5.74) is -4.01. The molecular weight excluding hydrogens is 561 g/mol. The molecule has 2 aromatic rings. The molecule has 2 aliphatic rings. The molecule has 2 N–H and O–H groups in total. The molecule has 8 nitrogen and oxygen atoms in total. The number of carbonyl (C=O) groups is 2. The summed E-state index contributed by atoms with van der Waals surface area (Å²) in [6.45, 7) is 3.58. The van der Waals surface area contributed by atoms with Gasteiger partial charge in [0.15, 0.2) is 0 Å². The van der Waals surface area contributed by atoms with E-state index in [1.165, 1.54) is 26.3 Å². The summed E-state index contributed by atoms with van der Waals surface area (Å²) < 4.78 is 47.1. The standard InChI is InChI=1S/C29H36ClF3N4O4/c1-27(13-16-37(17-14-27)23-11-10-22(24(30)35-23)25(38)34-20-8-9-20)12-5-15-36(2)26(39)28(40,29(31,32)33)19-6-4-7-21(18-19)41-3/h4,6-7,10-11,18,20,40H,5,8-9,12-17H2,1-3H3,(H,34,38). The molecule has 1 atom stereocenters. The van der Waals surface area contributed by atoms with E-state index < -0.39 is 23.2 Å². The van der Waals surface area contributed by atoms with Crippen LogP contribution in [0.1, 0.15) is 61.4 Å². The molecule has 0 spiro atoms. The predicted octanol–water partition coefficient (Wildman–Crippen LogP) is 4.93. The highest BCUT2D eigenvalue weighted by molar-refractivity contribution is 6.32. The van der Waals surface area contributed by atoms with Crippen molar-refractivity contribution < 1.29 is 32.6 Å². The summed E-state index contributed by atoms with van der Waals surface area (Å²) in [7, 11) is 2.57. The van der Waals surface area contributed by atoms with Crippen LogP contribution in [0.25, 0.3) is 0 Å². The largest absolute Gasteiger partial charge is 0.497 e. The maximum atomic E-state index is 14.0. The fraction of sp³-hybridized carbons (Fsp3) is 0.552. The van der Waals surface area contributed by atoms with Gasteiger partial charge in [0.25, 0.3) is 17.4 Å². The topological polar surface area (TPSA) is 95.0 Å². The van der Waals surface area contributed by atoms with Crippen molar-refractivity contribution in [2.75, 3.05) is 38.7 Å². The van der Waals surface area contributed by atoms with Crippen LogP contribution in [0.4, 0.5) is 19.0 Å². The van der Waals surface area contributed by atoms with Gasteiger partial charge in [0.05, 0.1) is 12.7 Å². The maximum Gasteiger partial charge on any atom is 0.430 e. The predicted molar refractivity (Wildman–Crippen MR) is 149 cm³/mol. The van der Waals surface area contributed by atoms with Crippen molar-refractivity contribution in [1.82, 2.24) is 15.2 Å². The highest BCUT2D eigenvalue weighted by Gasteiger charge is 2.61. The van der Waals surface area contributed by atoms with E-state index in [0.717, 1.165) is 42.7 Å². The van der Waals surface area contributed by atoms with Crippen LogP contribution in [0.2, 0.25) is 5.15 Å². The van der Waals surface area contributed by atoms with Crippen LogP contribution in [0.3, 0.4) is 0 Å². The third-order valence-electron chi connectivity index (χ3n) is 8.11. The van der Waals surface area contributed by atoms with E-state index in [9.17, 15) is 27.9 Å². The fourth-order valence-electron chi connectivity index (χ4n) is 5.16. The van der Waals surface area contributed by atoms with Crippen LogP contribution in [0, 0.1) is 5.41 Å². The number of likely N-dealkylation sites (N-methyl/N-ethyl adjacent to an activating group) is 1. The number of aliphatic hydroxyl groups is 1. The summed E-state index contributed by atoms with van der Waals surface area (Å²) in [6, 6.07) is 8.53. The molecule has 1 aliphatic heterocycles. The number of nitrogens with one attached hydrogen (secondary N) is 1. The molecule has 0 radical (unpaired) electrons. The van der Waals surface area contributed by atoms with Crippen molar-refractivity contribution in [3.8, 4) is 5.75 Å². The molecule has 41 heavy (non-hydrogen) atoms. The number of alkyl halides is 3. The Bertz CT molecular complexity index is 1260. The van der Waals surface area contributed by atoms with Crippen LogP contribution < -0.4 is 15.0 Å². The number of hydrogen-bond acceptors (Lipinski definition) is 6. The van der Waals surface area contributed by atoms with E-state index in [2.05, 4.69) is 22.1 Å². The Morgan fingerprint density at radius 2 is 1.90 bits per heavy atom. The number of anilines is 1. The number of aromatic nitrogens is 1. The van der Waals surface area contributed by atoms with Crippen molar-refractivity contribution >= 4 is 29.2 Å². The van der Waals surface area contributed by atoms with Gasteiger partial charge in [-0.2, -0.15) is 13.2 Å². The van der Waals surface area contributed by atoms with Gasteiger partial charge in [0.1, 0.15) is 16.7 Å². The Balaban J connectivity index is 1.32. The first-order chi connectivity index (χ1) is 19.3. The second-order valence-electron chi connectivity index (χ2n) is 11.3. The van der Waals surface area contributed by atoms with Crippen LogP contribution in [-0.4, -0.2) is 72.8 Å². The molecule has 1 aromatic carbocycles. The number of amides is 2. The molecule has 2 heterocycles. The summed E-state index contributed by atoms with van der Waals surface area (Å²) in [5.74, 6) is -0.861. The minimum Gasteiger partial charge on any atom is -0.497 e. The number of pyridine rings is 1. The van der Waals surface area contributed by atoms with Crippen molar-refractivity contribution in [1.29, 1.82) is 0 Å². The molecule has 1 aliphatic carbocycles. The molecule has 12 heteroatoms. The van der Waals surface area contributed by atoms with Gasteiger partial charge < -0.3 is 25.0 Å². The Hall–Kier alpha value is -3.05. The first-order valence-corrected chi connectivity index (χ1v) is 14.1. The van der Waals surface area contributed by atoms with Gasteiger partial charge in [-0.25, -0.2) is 4.98 Å². The van der Waals surface area contributed by atoms with Gasteiger partial charge in [-0.1, -0.05) is 30.7 Å². The molecule has 2 amide bonds. The first kappa shape index (κ1) is 30.9. The molecule has 1 unspecified atom stereocenters. The summed E-state index contributed by atoms with van der Waals surface area (Å²) in [4.78, 5) is 32.8. The quantitative estimate of drug-likeness (QED) is 0.378. The number of halogens is 4. The lowest BCUT2D eigenvalue weighted by atomic mass is 9.76. The van der Waals surface area contributed by atoms with Crippen LogP contribution in [0.5, 0.6) is 5.75 Å². The van der Waals surface area contributed by atoms with E-state index in [1.807, 2.05) is 0 Å². The minimum atomic E-state index is -5.22. The second-order valence-corrected chi connectivity index (χ2v) is 11.7. The van der Waals surface area contributed by atoms with Crippen molar-refractivity contribution in [2.24, 2.45) is 5.41 Å². The molecular formula is C29H36ClF3N4O4. The van der Waals surface area contributed by atoms with E-state index in [0.29, 0.717) is 37.3 Å². The van der Waals surface area contributed by atoms with Gasteiger partial charge in [0, 0.05) is 38.3 Å². The highest BCUT2D eigenvalue weighted by Crippen LogP contribution is 2.42. The minimum absolute atomic E-state index is 0.0576. The van der Waals surface area contributed by atoms with Crippen LogP contribution in [0.15, 0.2) is 36.4 Å². The van der Waals surface area contributed by atoms with Crippen LogP contribution in [-0.2, 0) is 10.4 Å². The lowest BCUT2D eigenvalue weighted by molar-refractivity contribution is -0.261. The molecule has 1 saturated carbocycles. The van der Waals surface area contributed by atoms with E-state index in [1.54, 1.807) is 12.1 Å². The average Bonchev–Trinajstić information content (AvgIpc) is 3.75. The van der Waals surface area contributed by atoms with Crippen molar-refractivity contribution in [3.63, 3.8) is 0 Å². The van der Waals surface area contributed by atoms with Gasteiger partial charge in [-0.3, -0.25) is 9.59 Å². The zero-order valence-corrected chi connectivity index (χ0v) is 24.2. The highest BCUT2D eigenvalue weighted by atomic mass is 35.5. The molecule has 1 aromatic heterocycles. The SMILES string of the molecule is COc1cccc(C(O)(C(=O)N(C)CCCC2(C)CCN(c3ccc(C(=O)NC4CC4)c(Cl)n3)CC2)C(F)(F)F)c1. The first-order valence-electron chi connectivity index (χ1n) is 13.7. The monoisotopic (exact) mass is 596 g/mol. The Kier molecular flexibility index (Phi) is 9.08. The number of ether oxygens (including phenoxy) is 1. The summed E-state index contributed by atoms with van der Waals surface area (Å²) in [6.07, 6.45) is -0.482. The summed E-state index contributed by atoms with van der Waals surface area (Å²) >= 11 is 6.32. The number of rotatable bonds is 10. The van der Waals surface area contributed by atoms with Crippen molar-refractivity contribution in [3.05, 3.63) is 52.7 Å². The Labute approximate surface area is 242 Å². The summed E-state index contributed by atoms with van der Waals surface area (Å²) in [5, 5.41) is 13.8. The normalized spacial score (nSPS) is 18.4. The fourth-order valence-corrected chi connectivity index (χ4v) is 5.40. The smallest absolute Gasteiger partial charge is 0.430 e. The van der Waals surface area contributed by atoms with E-state index >= 15 is 0 Å². The molecule has 2 fully saturated rings. The van der Waals surface area contributed by atoms with Crippen LogP contribution >= 0.6 is 11.6 Å². The zero-order valence-electron chi connectivity index (χ0n) is 23.4. The Morgan fingerprint density at radius 1 is 1.22 bits per heavy atom. The average molecular weight is 597 g/mol. The van der Waals surface area contributed by atoms with Gasteiger partial charge >= 0.3 is 6.18 Å². The number of carbonyl (C=O) groups excluding carboxylic acids is 2. The second kappa shape index (κ2) is 12.1. The lowest BCUT2D eigenvalue weighted by Gasteiger charge is -2.40. The van der Waals surface area contributed by atoms with Gasteiger partial charge in [-0.15, -0.1) is 0 Å². The number of piperidine rings is 1. The number of nitrogens with zero attached hydrogens (tertiary/aromatic N) is 3. The lowest BCUT2D eigenvalue weighted by Crippen LogP contribution is -2.55. The van der Waals surface area contributed by atoms with E-state index in [-0.39, 0.29) is 34.8 Å². The molecule has 4 rings (SSSR count). The molecule has 1 saturated heterocycles. The zero-order chi connectivity index (χ0) is 30.0. The maximum absolute atomic E-state index is 14.0. The molecule has 0 bridgehead atoms. The third kappa shape index (κ3) is 6.89. The third-order valence-corrected chi connectivity index (χ3v) is 8.40. The number of methoxy groups -OCH3 is 1. The number of benzene rings is 1.